The van der Waals surface area contributed by atoms with Crippen molar-refractivity contribution < 1.29 is 13.2 Å². The van der Waals surface area contributed by atoms with E-state index in [1.54, 1.807) is 0 Å². The van der Waals surface area contributed by atoms with Crippen LogP contribution in [0.2, 0.25) is 5.02 Å². The molecule has 6 heteroatoms. The van der Waals surface area contributed by atoms with Crippen LogP contribution in [0.3, 0.4) is 0 Å². The molecule has 0 bridgehead atoms. The summed E-state index contributed by atoms with van der Waals surface area (Å²) in [6.07, 6.45) is 2.09. The molecule has 4 nitrogen and oxygen atoms in total. The van der Waals surface area contributed by atoms with Gasteiger partial charge < -0.3 is 5.32 Å². The van der Waals surface area contributed by atoms with Gasteiger partial charge in [-0.15, -0.1) is 0 Å². The highest BCUT2D eigenvalue weighted by atomic mass is 35.5. The molecule has 1 saturated carbocycles. The molecule has 0 aliphatic heterocycles. The summed E-state index contributed by atoms with van der Waals surface area (Å²) in [6.45, 7) is 0. The average Bonchev–Trinajstić information content (AvgIpc) is 3.38. The standard InChI is InChI=1S/C18H18ClNO3S/c19-15-8-10-16(11-9-15)24(22,23)12-17(21)20-18(14-6-7-14)13-4-2-1-3-5-13/h1-5,8-11,14,18H,6-7,12H2,(H,20,21). The lowest BCUT2D eigenvalue weighted by molar-refractivity contribution is -0.119. The van der Waals surface area contributed by atoms with Gasteiger partial charge >= 0.3 is 0 Å². The lowest BCUT2D eigenvalue weighted by atomic mass is 10.0. The maximum atomic E-state index is 12.4. The molecule has 1 fully saturated rings. The number of carbonyl (C=O) groups is 1. The molecule has 0 aromatic heterocycles. The molecular formula is C18H18ClNO3S. The fourth-order valence-corrected chi connectivity index (χ4v) is 3.95. The predicted octanol–water partition coefficient (Wildman–Crippen LogP) is 3.38. The SMILES string of the molecule is O=C(CS(=O)(=O)c1ccc(Cl)cc1)NC(c1ccccc1)C1CC1. The Labute approximate surface area is 146 Å². The number of sulfone groups is 1. The molecule has 0 spiro atoms. The van der Waals surface area contributed by atoms with Gasteiger partial charge in [0.15, 0.2) is 9.84 Å². The molecule has 2 aromatic carbocycles. The van der Waals surface area contributed by atoms with E-state index in [2.05, 4.69) is 5.32 Å². The minimum absolute atomic E-state index is 0.102. The van der Waals surface area contributed by atoms with Crippen molar-refractivity contribution >= 4 is 27.3 Å². The lowest BCUT2D eigenvalue weighted by Crippen LogP contribution is -2.34. The summed E-state index contributed by atoms with van der Waals surface area (Å²) in [5, 5.41) is 3.34. The fraction of sp³-hybridized carbons (Fsp3) is 0.278. The topological polar surface area (TPSA) is 63.2 Å². The monoisotopic (exact) mass is 363 g/mol. The Morgan fingerprint density at radius 2 is 1.71 bits per heavy atom. The van der Waals surface area contributed by atoms with Gasteiger partial charge in [-0.25, -0.2) is 8.42 Å². The van der Waals surface area contributed by atoms with Crippen molar-refractivity contribution in [2.45, 2.75) is 23.8 Å². The Morgan fingerprint density at radius 3 is 2.29 bits per heavy atom. The van der Waals surface area contributed by atoms with Crippen molar-refractivity contribution in [1.82, 2.24) is 5.32 Å². The van der Waals surface area contributed by atoms with Gasteiger partial charge in [0.05, 0.1) is 10.9 Å². The fourth-order valence-electron chi connectivity index (χ4n) is 2.68. The summed E-state index contributed by atoms with van der Waals surface area (Å²) in [5.41, 5.74) is 1.01. The third-order valence-corrected chi connectivity index (χ3v) is 5.95. The van der Waals surface area contributed by atoms with Gasteiger partial charge in [-0.3, -0.25) is 4.79 Å². The summed E-state index contributed by atoms with van der Waals surface area (Å²) >= 11 is 5.77. The van der Waals surface area contributed by atoms with Gasteiger partial charge in [0.25, 0.3) is 0 Å². The van der Waals surface area contributed by atoms with E-state index in [9.17, 15) is 13.2 Å². The highest BCUT2D eigenvalue weighted by Gasteiger charge is 2.34. The smallest absolute Gasteiger partial charge is 0.236 e. The molecule has 1 aliphatic carbocycles. The summed E-state index contributed by atoms with van der Waals surface area (Å²) in [6, 6.07) is 15.4. The molecule has 0 heterocycles. The molecule has 126 valence electrons. The Balaban J connectivity index is 1.71. The summed E-state index contributed by atoms with van der Waals surface area (Å²) < 4.78 is 24.7. The number of hydrogen-bond donors (Lipinski definition) is 1. The first kappa shape index (κ1) is 17.0. The van der Waals surface area contributed by atoms with Gasteiger partial charge in [-0.2, -0.15) is 0 Å². The second kappa shape index (κ2) is 6.95. The first-order chi connectivity index (χ1) is 11.5. The number of hydrogen-bond acceptors (Lipinski definition) is 3. The van der Waals surface area contributed by atoms with E-state index < -0.39 is 21.5 Å². The largest absolute Gasteiger partial charge is 0.348 e. The van der Waals surface area contributed by atoms with Crippen LogP contribution >= 0.6 is 11.6 Å². The van der Waals surface area contributed by atoms with Crippen LogP contribution in [-0.2, 0) is 14.6 Å². The Hall–Kier alpha value is -1.85. The van der Waals surface area contributed by atoms with Crippen LogP contribution < -0.4 is 5.32 Å². The van der Waals surface area contributed by atoms with Crippen molar-refractivity contribution in [1.29, 1.82) is 0 Å². The van der Waals surface area contributed by atoms with Crippen LogP contribution in [0.5, 0.6) is 0 Å². The molecule has 24 heavy (non-hydrogen) atoms. The molecular weight excluding hydrogens is 346 g/mol. The van der Waals surface area contributed by atoms with E-state index in [1.165, 1.54) is 24.3 Å². The van der Waals surface area contributed by atoms with Crippen LogP contribution in [0.1, 0.15) is 24.4 Å². The zero-order chi connectivity index (χ0) is 17.2. The summed E-state index contributed by atoms with van der Waals surface area (Å²) in [4.78, 5) is 12.4. The molecule has 1 amide bonds. The highest BCUT2D eigenvalue weighted by molar-refractivity contribution is 7.92. The quantitative estimate of drug-likeness (QED) is 0.855. The number of amides is 1. The van der Waals surface area contributed by atoms with Crippen LogP contribution in [0.25, 0.3) is 0 Å². The number of rotatable bonds is 6. The van der Waals surface area contributed by atoms with E-state index in [1.807, 2.05) is 30.3 Å². The molecule has 0 radical (unpaired) electrons. The Morgan fingerprint density at radius 1 is 1.08 bits per heavy atom. The Kier molecular flexibility index (Phi) is 4.92. The first-order valence-corrected chi connectivity index (χ1v) is 9.81. The normalized spacial score (nSPS) is 15.7. The third-order valence-electron chi connectivity index (χ3n) is 4.06. The van der Waals surface area contributed by atoms with Gasteiger partial charge in [-0.05, 0) is 48.6 Å². The molecule has 3 rings (SSSR count). The minimum Gasteiger partial charge on any atom is -0.348 e. The zero-order valence-electron chi connectivity index (χ0n) is 13.0. The molecule has 2 aromatic rings. The summed E-state index contributed by atoms with van der Waals surface area (Å²) in [7, 11) is -3.68. The number of carbonyl (C=O) groups excluding carboxylic acids is 1. The average molecular weight is 364 g/mol. The van der Waals surface area contributed by atoms with E-state index in [-0.39, 0.29) is 10.9 Å². The van der Waals surface area contributed by atoms with Gasteiger partial charge in [0.2, 0.25) is 5.91 Å². The maximum Gasteiger partial charge on any atom is 0.236 e. The maximum absolute atomic E-state index is 12.4. The molecule has 1 N–H and O–H groups in total. The highest BCUT2D eigenvalue weighted by Crippen LogP contribution is 2.40. The second-order valence-electron chi connectivity index (χ2n) is 6.01. The molecule has 0 saturated heterocycles. The van der Waals surface area contributed by atoms with Crippen molar-refractivity contribution in [2.75, 3.05) is 5.75 Å². The number of nitrogens with one attached hydrogen (secondary N) is 1. The van der Waals surface area contributed by atoms with Crippen molar-refractivity contribution in [2.24, 2.45) is 5.92 Å². The van der Waals surface area contributed by atoms with Crippen molar-refractivity contribution in [3.05, 3.63) is 65.2 Å². The van der Waals surface area contributed by atoms with Gasteiger partial charge in [0, 0.05) is 5.02 Å². The zero-order valence-corrected chi connectivity index (χ0v) is 14.6. The lowest BCUT2D eigenvalue weighted by Gasteiger charge is -2.19. The molecule has 1 atom stereocenters. The second-order valence-corrected chi connectivity index (χ2v) is 8.43. The van der Waals surface area contributed by atoms with Crippen molar-refractivity contribution in [3.63, 3.8) is 0 Å². The van der Waals surface area contributed by atoms with Crippen LogP contribution in [0.4, 0.5) is 0 Å². The third kappa shape index (κ3) is 4.16. The first-order valence-electron chi connectivity index (χ1n) is 7.78. The van der Waals surface area contributed by atoms with Gasteiger partial charge in [0.1, 0.15) is 5.75 Å². The van der Waals surface area contributed by atoms with E-state index >= 15 is 0 Å². The Bertz CT molecular complexity index is 815. The van der Waals surface area contributed by atoms with E-state index in [0.29, 0.717) is 10.9 Å². The van der Waals surface area contributed by atoms with Gasteiger partial charge in [-0.1, -0.05) is 41.9 Å². The molecule has 1 unspecified atom stereocenters. The minimum atomic E-state index is -3.68. The number of halogens is 1. The van der Waals surface area contributed by atoms with Crippen LogP contribution in [-0.4, -0.2) is 20.1 Å². The van der Waals surface area contributed by atoms with Crippen molar-refractivity contribution in [3.8, 4) is 0 Å². The summed E-state index contributed by atoms with van der Waals surface area (Å²) in [5.74, 6) is -0.662. The van der Waals surface area contributed by atoms with E-state index in [4.69, 9.17) is 11.6 Å². The number of benzene rings is 2. The van der Waals surface area contributed by atoms with Crippen LogP contribution in [0.15, 0.2) is 59.5 Å². The predicted molar refractivity (Wildman–Crippen MR) is 93.6 cm³/mol. The molecule has 1 aliphatic rings. The van der Waals surface area contributed by atoms with E-state index in [0.717, 1.165) is 18.4 Å². The van der Waals surface area contributed by atoms with Crippen LogP contribution in [0, 0.1) is 5.92 Å².